The Labute approximate surface area is 151 Å². The van der Waals surface area contributed by atoms with Crippen molar-refractivity contribution in [3.63, 3.8) is 0 Å². The zero-order chi connectivity index (χ0) is 19.5. The second-order valence-corrected chi connectivity index (χ2v) is 7.71. The summed E-state index contributed by atoms with van der Waals surface area (Å²) in [5.41, 5.74) is 1.66. The van der Waals surface area contributed by atoms with Gasteiger partial charge in [0.2, 0.25) is 10.0 Å². The highest BCUT2D eigenvalue weighted by atomic mass is 32.2. The monoisotopic (exact) mass is 387 g/mol. The number of hydrogen-bond donors (Lipinski definition) is 1. The van der Waals surface area contributed by atoms with E-state index in [4.69, 9.17) is 4.74 Å². The molecule has 0 bridgehead atoms. The van der Waals surface area contributed by atoms with E-state index in [9.17, 15) is 21.6 Å². The first-order valence-electron chi connectivity index (χ1n) is 7.88. The Bertz CT molecular complexity index is 893. The lowest BCUT2D eigenvalue weighted by Gasteiger charge is -2.13. The van der Waals surface area contributed by atoms with Crippen molar-refractivity contribution in [1.29, 1.82) is 0 Å². The van der Waals surface area contributed by atoms with Crippen molar-refractivity contribution in [2.24, 2.45) is 0 Å². The number of ether oxygens (including phenoxy) is 1. The largest absolute Gasteiger partial charge is 0.492 e. The van der Waals surface area contributed by atoms with Gasteiger partial charge in [0, 0.05) is 6.54 Å². The van der Waals surface area contributed by atoms with Gasteiger partial charge in [-0.1, -0.05) is 12.1 Å². The first kappa shape index (κ1) is 20.3. The molecule has 0 spiro atoms. The molecule has 1 N–H and O–H groups in total. The second-order valence-electron chi connectivity index (χ2n) is 5.97. The van der Waals surface area contributed by atoms with Gasteiger partial charge in [0.15, 0.2) is 0 Å². The highest BCUT2D eigenvalue weighted by Gasteiger charge is 2.30. The first-order chi connectivity index (χ1) is 12.0. The molecular formula is C18H20F3NO3S. The van der Waals surface area contributed by atoms with E-state index in [0.29, 0.717) is 5.56 Å². The van der Waals surface area contributed by atoms with Crippen molar-refractivity contribution >= 4 is 10.0 Å². The lowest BCUT2D eigenvalue weighted by atomic mass is 10.1. The van der Waals surface area contributed by atoms with Crippen LogP contribution in [0.25, 0.3) is 0 Å². The maximum atomic E-state index is 12.7. The van der Waals surface area contributed by atoms with Crippen LogP contribution in [0.3, 0.4) is 0 Å². The van der Waals surface area contributed by atoms with Gasteiger partial charge in [-0.25, -0.2) is 13.1 Å². The standard InChI is InChI=1S/C18H20F3NO3S/c1-12-9-14(3)17(10-13(12)2)26(23,24)22-7-8-25-16-6-4-5-15(11-16)18(19,20)21/h4-6,9-11,22H,7-8H2,1-3H3. The maximum absolute atomic E-state index is 12.7. The molecule has 0 atom stereocenters. The van der Waals surface area contributed by atoms with E-state index in [1.807, 2.05) is 13.8 Å². The lowest BCUT2D eigenvalue weighted by molar-refractivity contribution is -0.137. The fraction of sp³-hybridized carbons (Fsp3) is 0.333. The number of aryl methyl sites for hydroxylation is 3. The molecule has 0 fully saturated rings. The third kappa shape index (κ3) is 4.98. The predicted molar refractivity (Wildman–Crippen MR) is 92.8 cm³/mol. The number of benzene rings is 2. The fourth-order valence-corrected chi connectivity index (χ4v) is 3.73. The SMILES string of the molecule is Cc1cc(C)c(S(=O)(=O)NCCOc2cccc(C(F)(F)F)c2)cc1C. The Hall–Kier alpha value is -2.06. The summed E-state index contributed by atoms with van der Waals surface area (Å²) in [6.45, 7) is 5.27. The normalized spacial score (nSPS) is 12.2. The van der Waals surface area contributed by atoms with E-state index in [1.54, 1.807) is 19.1 Å². The van der Waals surface area contributed by atoms with Crippen LogP contribution < -0.4 is 9.46 Å². The van der Waals surface area contributed by atoms with Crippen LogP contribution in [-0.2, 0) is 16.2 Å². The average Bonchev–Trinajstić information content (AvgIpc) is 2.54. The number of rotatable bonds is 6. The number of alkyl halides is 3. The van der Waals surface area contributed by atoms with E-state index in [2.05, 4.69) is 4.72 Å². The summed E-state index contributed by atoms with van der Waals surface area (Å²) in [5.74, 6) is 0.0291. The zero-order valence-corrected chi connectivity index (χ0v) is 15.5. The Morgan fingerprint density at radius 3 is 2.31 bits per heavy atom. The minimum Gasteiger partial charge on any atom is -0.492 e. The van der Waals surface area contributed by atoms with Crippen LogP contribution in [0.15, 0.2) is 41.3 Å². The lowest BCUT2D eigenvalue weighted by Crippen LogP contribution is -2.29. The van der Waals surface area contributed by atoms with Crippen LogP contribution in [0, 0.1) is 20.8 Å². The van der Waals surface area contributed by atoms with Crippen molar-refractivity contribution in [3.05, 3.63) is 58.7 Å². The second kappa shape index (κ2) is 7.67. The van der Waals surface area contributed by atoms with Gasteiger partial charge in [0.05, 0.1) is 10.5 Å². The van der Waals surface area contributed by atoms with E-state index >= 15 is 0 Å². The fourth-order valence-electron chi connectivity index (χ4n) is 2.41. The molecule has 2 aromatic rings. The van der Waals surface area contributed by atoms with Gasteiger partial charge in [-0.3, -0.25) is 0 Å². The van der Waals surface area contributed by atoms with E-state index in [1.165, 1.54) is 12.1 Å². The molecule has 8 heteroatoms. The van der Waals surface area contributed by atoms with Crippen molar-refractivity contribution in [2.45, 2.75) is 31.8 Å². The maximum Gasteiger partial charge on any atom is 0.416 e. The number of halogens is 3. The quantitative estimate of drug-likeness (QED) is 0.763. The molecule has 0 unspecified atom stereocenters. The van der Waals surface area contributed by atoms with E-state index < -0.39 is 21.8 Å². The van der Waals surface area contributed by atoms with Crippen LogP contribution in [0.2, 0.25) is 0 Å². The van der Waals surface area contributed by atoms with Crippen LogP contribution in [0.4, 0.5) is 13.2 Å². The third-order valence-electron chi connectivity index (χ3n) is 3.91. The summed E-state index contributed by atoms with van der Waals surface area (Å²) >= 11 is 0. The van der Waals surface area contributed by atoms with Crippen molar-refractivity contribution in [3.8, 4) is 5.75 Å². The third-order valence-corrected chi connectivity index (χ3v) is 5.51. The average molecular weight is 387 g/mol. The Kier molecular flexibility index (Phi) is 5.98. The minimum atomic E-state index is -4.46. The summed E-state index contributed by atoms with van der Waals surface area (Å²) in [4.78, 5) is 0.180. The Morgan fingerprint density at radius 2 is 1.65 bits per heavy atom. The van der Waals surface area contributed by atoms with Crippen molar-refractivity contribution in [1.82, 2.24) is 4.72 Å². The minimum absolute atomic E-state index is 0.0291. The molecule has 0 radical (unpaired) electrons. The summed E-state index contributed by atoms with van der Waals surface area (Å²) in [6, 6.07) is 7.84. The van der Waals surface area contributed by atoms with Crippen LogP contribution in [0.5, 0.6) is 5.75 Å². The first-order valence-corrected chi connectivity index (χ1v) is 9.36. The highest BCUT2D eigenvalue weighted by Crippen LogP contribution is 2.31. The Balaban J connectivity index is 1.99. The molecule has 2 aromatic carbocycles. The molecule has 4 nitrogen and oxygen atoms in total. The molecule has 0 saturated carbocycles. The van der Waals surface area contributed by atoms with Gasteiger partial charge < -0.3 is 4.74 Å². The Morgan fingerprint density at radius 1 is 1.00 bits per heavy atom. The molecule has 26 heavy (non-hydrogen) atoms. The van der Waals surface area contributed by atoms with Gasteiger partial charge in [-0.2, -0.15) is 13.2 Å². The molecule has 2 rings (SSSR count). The van der Waals surface area contributed by atoms with Crippen molar-refractivity contribution < 1.29 is 26.3 Å². The molecule has 0 aliphatic heterocycles. The smallest absolute Gasteiger partial charge is 0.416 e. The molecule has 0 aromatic heterocycles. The molecule has 0 aliphatic rings. The summed E-state index contributed by atoms with van der Waals surface area (Å²) in [5, 5.41) is 0. The number of nitrogens with one attached hydrogen (secondary N) is 1. The topological polar surface area (TPSA) is 55.4 Å². The number of sulfonamides is 1. The van der Waals surface area contributed by atoms with Crippen LogP contribution >= 0.6 is 0 Å². The van der Waals surface area contributed by atoms with E-state index in [0.717, 1.165) is 23.3 Å². The highest BCUT2D eigenvalue weighted by molar-refractivity contribution is 7.89. The summed E-state index contributed by atoms with van der Waals surface area (Å²) in [7, 11) is -3.73. The van der Waals surface area contributed by atoms with Gasteiger partial charge in [-0.05, 0) is 61.7 Å². The molecule has 0 saturated heterocycles. The van der Waals surface area contributed by atoms with Crippen molar-refractivity contribution in [2.75, 3.05) is 13.2 Å². The zero-order valence-electron chi connectivity index (χ0n) is 14.6. The molecular weight excluding hydrogens is 367 g/mol. The molecule has 142 valence electrons. The van der Waals surface area contributed by atoms with Gasteiger partial charge >= 0.3 is 6.18 Å². The molecule has 0 aliphatic carbocycles. The molecule has 0 heterocycles. The summed E-state index contributed by atoms with van der Waals surface area (Å²) in [6.07, 6.45) is -4.46. The van der Waals surface area contributed by atoms with Gasteiger partial charge in [0.1, 0.15) is 12.4 Å². The predicted octanol–water partition coefficient (Wildman–Crippen LogP) is 3.99. The van der Waals surface area contributed by atoms with E-state index in [-0.39, 0.29) is 23.8 Å². The number of hydrogen-bond acceptors (Lipinski definition) is 3. The van der Waals surface area contributed by atoms with Crippen LogP contribution in [0.1, 0.15) is 22.3 Å². The summed E-state index contributed by atoms with van der Waals surface area (Å²) < 4.78 is 70.4. The van der Waals surface area contributed by atoms with Gasteiger partial charge in [0.25, 0.3) is 0 Å². The van der Waals surface area contributed by atoms with Crippen LogP contribution in [-0.4, -0.2) is 21.6 Å². The molecule has 0 amide bonds. The van der Waals surface area contributed by atoms with Gasteiger partial charge in [-0.15, -0.1) is 0 Å².